The minimum Gasteiger partial charge on any atom is -0.392 e. The first-order valence-electron chi connectivity index (χ1n) is 7.14. The summed E-state index contributed by atoms with van der Waals surface area (Å²) in [4.78, 5) is 0. The lowest BCUT2D eigenvalue weighted by Crippen LogP contribution is -2.43. The second-order valence-corrected chi connectivity index (χ2v) is 5.50. The number of halogens is 3. The van der Waals surface area contributed by atoms with E-state index in [1.807, 2.05) is 0 Å². The van der Waals surface area contributed by atoms with Crippen LogP contribution in [0.2, 0.25) is 0 Å². The Morgan fingerprint density at radius 3 is 2.33 bits per heavy atom. The van der Waals surface area contributed by atoms with Crippen LogP contribution in [-0.4, -0.2) is 28.9 Å². The van der Waals surface area contributed by atoms with Crippen molar-refractivity contribution < 1.29 is 23.4 Å². The van der Waals surface area contributed by atoms with Crippen molar-refractivity contribution in [2.75, 3.05) is 6.54 Å². The highest BCUT2D eigenvalue weighted by atomic mass is 19.4. The second kappa shape index (κ2) is 6.77. The van der Waals surface area contributed by atoms with Crippen molar-refractivity contribution in [3.63, 3.8) is 0 Å². The summed E-state index contributed by atoms with van der Waals surface area (Å²) in [6, 6.07) is 4.45. The molecule has 118 valence electrons. The van der Waals surface area contributed by atoms with Crippen LogP contribution in [0.3, 0.4) is 0 Å². The maximum Gasteiger partial charge on any atom is 0.416 e. The van der Waals surface area contributed by atoms with Crippen LogP contribution in [0.25, 0.3) is 0 Å². The molecule has 1 fully saturated rings. The Bertz CT molecular complexity index is 447. The van der Waals surface area contributed by atoms with Crippen LogP contribution in [0, 0.1) is 0 Å². The van der Waals surface area contributed by atoms with Crippen LogP contribution >= 0.6 is 0 Å². The zero-order valence-corrected chi connectivity index (χ0v) is 11.6. The van der Waals surface area contributed by atoms with Crippen LogP contribution in [0.5, 0.6) is 0 Å². The van der Waals surface area contributed by atoms with Gasteiger partial charge in [-0.05, 0) is 30.5 Å². The summed E-state index contributed by atoms with van der Waals surface area (Å²) in [5, 5.41) is 22.9. The van der Waals surface area contributed by atoms with Gasteiger partial charge >= 0.3 is 6.18 Å². The van der Waals surface area contributed by atoms with Gasteiger partial charge in [0.2, 0.25) is 0 Å². The molecule has 1 aliphatic rings. The highest BCUT2D eigenvalue weighted by Gasteiger charge is 2.30. The summed E-state index contributed by atoms with van der Waals surface area (Å²) in [7, 11) is 0. The molecule has 3 nitrogen and oxygen atoms in total. The number of rotatable bonds is 4. The van der Waals surface area contributed by atoms with Crippen LogP contribution in [0.1, 0.15) is 42.9 Å². The van der Waals surface area contributed by atoms with E-state index in [0.29, 0.717) is 5.56 Å². The lowest BCUT2D eigenvalue weighted by molar-refractivity contribution is -0.137. The molecule has 0 heterocycles. The minimum absolute atomic E-state index is 0.0529. The molecule has 0 spiro atoms. The van der Waals surface area contributed by atoms with Gasteiger partial charge in [-0.15, -0.1) is 0 Å². The van der Waals surface area contributed by atoms with Gasteiger partial charge in [-0.1, -0.05) is 25.0 Å². The summed E-state index contributed by atoms with van der Waals surface area (Å²) < 4.78 is 37.4. The fraction of sp³-hybridized carbons (Fsp3) is 0.600. The fourth-order valence-electron chi connectivity index (χ4n) is 2.62. The van der Waals surface area contributed by atoms with E-state index in [2.05, 4.69) is 5.32 Å². The van der Waals surface area contributed by atoms with Gasteiger partial charge in [-0.25, -0.2) is 0 Å². The molecule has 3 atom stereocenters. The monoisotopic (exact) mass is 303 g/mol. The fourth-order valence-corrected chi connectivity index (χ4v) is 2.62. The summed E-state index contributed by atoms with van der Waals surface area (Å²) in [5.41, 5.74) is -0.296. The molecule has 1 aliphatic carbocycles. The van der Waals surface area contributed by atoms with Crippen LogP contribution in [0.4, 0.5) is 13.2 Å². The molecule has 0 bridgehead atoms. The molecular weight excluding hydrogens is 283 g/mol. The molecule has 2 rings (SSSR count). The first-order chi connectivity index (χ1) is 9.88. The van der Waals surface area contributed by atoms with Crippen LogP contribution in [0.15, 0.2) is 24.3 Å². The molecule has 0 saturated heterocycles. The van der Waals surface area contributed by atoms with Gasteiger partial charge in [0.1, 0.15) is 0 Å². The zero-order valence-electron chi connectivity index (χ0n) is 11.6. The number of benzene rings is 1. The van der Waals surface area contributed by atoms with E-state index < -0.39 is 23.9 Å². The Hall–Kier alpha value is -1.11. The van der Waals surface area contributed by atoms with E-state index in [4.69, 9.17) is 0 Å². The van der Waals surface area contributed by atoms with Gasteiger partial charge in [-0.3, -0.25) is 0 Å². The lowest BCUT2D eigenvalue weighted by atomic mass is 9.92. The maximum absolute atomic E-state index is 12.5. The molecule has 21 heavy (non-hydrogen) atoms. The molecule has 6 heteroatoms. The van der Waals surface area contributed by atoms with Gasteiger partial charge in [0.15, 0.2) is 0 Å². The quantitative estimate of drug-likeness (QED) is 0.801. The smallest absolute Gasteiger partial charge is 0.392 e. The number of aliphatic hydroxyl groups is 2. The summed E-state index contributed by atoms with van der Waals surface area (Å²) >= 11 is 0. The molecule has 0 aromatic heterocycles. The van der Waals surface area contributed by atoms with Gasteiger partial charge in [-0.2, -0.15) is 13.2 Å². The second-order valence-electron chi connectivity index (χ2n) is 5.50. The highest BCUT2D eigenvalue weighted by Crippen LogP contribution is 2.30. The van der Waals surface area contributed by atoms with Crippen molar-refractivity contribution in [1.82, 2.24) is 5.32 Å². The predicted molar refractivity (Wildman–Crippen MR) is 72.7 cm³/mol. The SMILES string of the molecule is OC(CNC1CCCCC1O)c1ccc(C(F)(F)F)cc1. The summed E-state index contributed by atoms with van der Waals surface area (Å²) in [6.45, 7) is 0.215. The van der Waals surface area contributed by atoms with E-state index in [1.54, 1.807) is 0 Å². The number of hydrogen-bond donors (Lipinski definition) is 3. The molecular formula is C15H20F3NO2. The Balaban J connectivity index is 1.89. The van der Waals surface area contributed by atoms with Crippen molar-refractivity contribution in [2.45, 2.75) is 50.1 Å². The first-order valence-corrected chi connectivity index (χ1v) is 7.14. The average molecular weight is 303 g/mol. The van der Waals surface area contributed by atoms with Crippen LogP contribution < -0.4 is 5.32 Å². The van der Waals surface area contributed by atoms with Crippen molar-refractivity contribution >= 4 is 0 Å². The summed E-state index contributed by atoms with van der Waals surface area (Å²) in [6.07, 6.45) is -2.05. The normalized spacial score (nSPS) is 24.8. The minimum atomic E-state index is -4.37. The number of hydrogen-bond acceptors (Lipinski definition) is 3. The maximum atomic E-state index is 12.5. The number of aliphatic hydroxyl groups excluding tert-OH is 2. The zero-order chi connectivity index (χ0) is 15.5. The third kappa shape index (κ3) is 4.43. The number of nitrogens with one attached hydrogen (secondary N) is 1. The van der Waals surface area contributed by atoms with Crippen LogP contribution in [-0.2, 0) is 6.18 Å². The van der Waals surface area contributed by atoms with E-state index >= 15 is 0 Å². The first kappa shape index (κ1) is 16.3. The van der Waals surface area contributed by atoms with Gasteiger partial charge < -0.3 is 15.5 Å². The van der Waals surface area contributed by atoms with E-state index in [9.17, 15) is 23.4 Å². The molecule has 0 amide bonds. The molecule has 0 aliphatic heterocycles. The highest BCUT2D eigenvalue weighted by molar-refractivity contribution is 5.26. The van der Waals surface area contributed by atoms with Gasteiger partial charge in [0.05, 0.1) is 17.8 Å². The number of alkyl halides is 3. The predicted octanol–water partition coefficient (Wildman–Crippen LogP) is 2.63. The van der Waals surface area contributed by atoms with E-state index in [-0.39, 0.29) is 12.6 Å². The summed E-state index contributed by atoms with van der Waals surface area (Å²) in [5.74, 6) is 0. The molecule has 3 N–H and O–H groups in total. The van der Waals surface area contributed by atoms with Crippen molar-refractivity contribution in [3.8, 4) is 0 Å². The Kier molecular flexibility index (Phi) is 5.24. The Morgan fingerprint density at radius 2 is 1.76 bits per heavy atom. The van der Waals surface area contributed by atoms with Crippen molar-refractivity contribution in [3.05, 3.63) is 35.4 Å². The lowest BCUT2D eigenvalue weighted by Gasteiger charge is -2.29. The molecule has 1 saturated carbocycles. The molecule has 1 aromatic carbocycles. The molecule has 3 unspecified atom stereocenters. The van der Waals surface area contributed by atoms with Gasteiger partial charge in [0.25, 0.3) is 0 Å². The largest absolute Gasteiger partial charge is 0.416 e. The average Bonchev–Trinajstić information content (AvgIpc) is 2.45. The third-order valence-corrected chi connectivity index (χ3v) is 3.93. The van der Waals surface area contributed by atoms with Gasteiger partial charge in [0, 0.05) is 12.6 Å². The Labute approximate surface area is 121 Å². The third-order valence-electron chi connectivity index (χ3n) is 3.93. The van der Waals surface area contributed by atoms with Crippen molar-refractivity contribution in [1.29, 1.82) is 0 Å². The topological polar surface area (TPSA) is 52.5 Å². The standard InChI is InChI=1S/C15H20F3NO2/c16-15(17,18)11-7-5-10(6-8-11)14(21)9-19-12-3-1-2-4-13(12)20/h5-8,12-14,19-21H,1-4,9H2. The van der Waals surface area contributed by atoms with E-state index in [0.717, 1.165) is 37.8 Å². The molecule has 1 aromatic rings. The Morgan fingerprint density at radius 1 is 1.14 bits per heavy atom. The van der Waals surface area contributed by atoms with Crippen molar-refractivity contribution in [2.24, 2.45) is 0 Å². The molecule has 0 radical (unpaired) electrons. The van der Waals surface area contributed by atoms with E-state index in [1.165, 1.54) is 12.1 Å².